The van der Waals surface area contributed by atoms with Crippen LogP contribution in [0, 0.1) is 5.92 Å². The molecule has 104 valence electrons. The average Bonchev–Trinajstić information content (AvgIpc) is 2.18. The molecule has 0 unspecified atom stereocenters. The molecule has 0 fully saturated rings. The summed E-state index contributed by atoms with van der Waals surface area (Å²) in [6.07, 6.45) is -1.55. The fraction of sp³-hybridized carbons (Fsp3) is 0.545. The Bertz CT molecular complexity index is 400. The molecule has 1 aliphatic carbocycles. The number of carbonyl (C=O) groups excluding carboxylic acids is 1. The molecule has 7 heteroatoms. The Morgan fingerprint density at radius 1 is 1.72 bits per heavy atom. The van der Waals surface area contributed by atoms with Crippen LogP contribution in [0.3, 0.4) is 0 Å². The second kappa shape index (κ2) is 8.29. The van der Waals surface area contributed by atoms with Gasteiger partial charge in [-0.1, -0.05) is 18.2 Å². The third-order valence-corrected chi connectivity index (χ3v) is 2.52. The summed E-state index contributed by atoms with van der Waals surface area (Å²) < 4.78 is 40.0. The van der Waals surface area contributed by atoms with Gasteiger partial charge in [0.15, 0.2) is 5.78 Å². The molecule has 1 rings (SSSR count). The van der Waals surface area contributed by atoms with Crippen molar-refractivity contribution in [2.24, 2.45) is 5.92 Å². The van der Waals surface area contributed by atoms with E-state index in [-0.39, 0.29) is 18.1 Å². The van der Waals surface area contributed by atoms with Gasteiger partial charge in [0.1, 0.15) is 1.37 Å². The molecule has 18 heavy (non-hydrogen) atoms. The molecule has 2 N–H and O–H groups in total. The van der Waals surface area contributed by atoms with Crippen LogP contribution in [0.5, 0.6) is 0 Å². The van der Waals surface area contributed by atoms with E-state index < -0.39 is 21.1 Å². The van der Waals surface area contributed by atoms with Crippen LogP contribution < -0.4 is 0 Å². The van der Waals surface area contributed by atoms with Crippen LogP contribution >= 0.6 is 8.25 Å². The van der Waals surface area contributed by atoms with Gasteiger partial charge in [0.05, 0.1) is 0 Å². The molecular formula is C11H17F2O4P. The monoisotopic (exact) mass is 283 g/mol. The van der Waals surface area contributed by atoms with Crippen molar-refractivity contribution >= 4 is 14.0 Å². The molecule has 0 heterocycles. The molecule has 0 amide bonds. The van der Waals surface area contributed by atoms with Gasteiger partial charge in [-0.3, -0.25) is 9.36 Å². The van der Waals surface area contributed by atoms with Crippen molar-refractivity contribution in [2.45, 2.75) is 32.6 Å². The first kappa shape index (κ1) is 15.2. The first-order valence-electron chi connectivity index (χ1n) is 5.70. The third-order valence-electron chi connectivity index (χ3n) is 2.52. The van der Waals surface area contributed by atoms with Crippen molar-refractivity contribution < 1.29 is 29.3 Å². The lowest BCUT2D eigenvalue weighted by molar-refractivity contribution is -0.116. The molecule has 0 saturated carbocycles. The van der Waals surface area contributed by atoms with E-state index in [0.717, 1.165) is 0 Å². The molecule has 0 aliphatic heterocycles. The SMILES string of the molecule is O=[PH](O)O.[2H]C(F)(F)CC(=C)[C@H]1CC=C(C)C(=O)C1. The Morgan fingerprint density at radius 3 is 2.61 bits per heavy atom. The quantitative estimate of drug-likeness (QED) is 0.616. The van der Waals surface area contributed by atoms with Crippen molar-refractivity contribution in [2.75, 3.05) is 0 Å². The first-order chi connectivity index (χ1) is 8.53. The lowest BCUT2D eigenvalue weighted by Crippen LogP contribution is -2.16. The topological polar surface area (TPSA) is 74.6 Å². The predicted molar refractivity (Wildman–Crippen MR) is 64.7 cm³/mol. The lowest BCUT2D eigenvalue weighted by atomic mass is 9.83. The molecule has 0 saturated heterocycles. The Hall–Kier alpha value is -0.840. The van der Waals surface area contributed by atoms with E-state index in [1.165, 1.54) is 0 Å². The van der Waals surface area contributed by atoms with Crippen LogP contribution in [0.4, 0.5) is 8.78 Å². The van der Waals surface area contributed by atoms with Gasteiger partial charge >= 0.3 is 8.25 Å². The Balaban J connectivity index is 0.000000711. The molecule has 0 aromatic rings. The Morgan fingerprint density at radius 2 is 2.22 bits per heavy atom. The largest absolute Gasteiger partial charge is 0.326 e. The van der Waals surface area contributed by atoms with Gasteiger partial charge < -0.3 is 9.79 Å². The van der Waals surface area contributed by atoms with Crippen LogP contribution in [0.15, 0.2) is 23.8 Å². The number of hydrogen-bond donors (Lipinski definition) is 2. The maximum Gasteiger partial charge on any atom is 0.314 e. The maximum atomic E-state index is 12.4. The van der Waals surface area contributed by atoms with E-state index in [2.05, 4.69) is 6.58 Å². The number of rotatable bonds is 3. The lowest BCUT2D eigenvalue weighted by Gasteiger charge is -2.21. The first-order valence-corrected chi connectivity index (χ1v) is 6.50. The summed E-state index contributed by atoms with van der Waals surface area (Å²) in [5.41, 5.74) is 0.990. The minimum Gasteiger partial charge on any atom is -0.326 e. The second-order valence-electron chi connectivity index (χ2n) is 3.90. The van der Waals surface area contributed by atoms with Gasteiger partial charge in [0.2, 0.25) is 6.40 Å². The van der Waals surface area contributed by atoms with Crippen LogP contribution in [-0.4, -0.2) is 22.0 Å². The maximum absolute atomic E-state index is 12.4. The summed E-state index contributed by atoms with van der Waals surface area (Å²) in [4.78, 5) is 25.6. The van der Waals surface area contributed by atoms with E-state index >= 15 is 0 Å². The zero-order valence-corrected chi connectivity index (χ0v) is 10.9. The van der Waals surface area contributed by atoms with Crippen molar-refractivity contribution in [3.63, 3.8) is 0 Å². The minimum absolute atomic E-state index is 0.0132. The van der Waals surface area contributed by atoms with Crippen molar-refractivity contribution in [3.05, 3.63) is 23.8 Å². The highest BCUT2D eigenvalue weighted by molar-refractivity contribution is 7.30. The number of alkyl halides is 2. The van der Waals surface area contributed by atoms with Gasteiger partial charge in [0.25, 0.3) is 0 Å². The second-order valence-corrected chi connectivity index (χ2v) is 4.47. The zero-order valence-electron chi connectivity index (χ0n) is 10.9. The molecule has 0 aromatic heterocycles. The standard InChI is InChI=1S/C11H14F2O.H3O3P/c1-7-3-4-9(6-10(7)14)8(2)5-11(12)13;1-4(2)3/h3,9,11H,2,4-6H2,1H3;4H,(H2,1,2,3)/t9-;/m0./s1/i11D;. The van der Waals surface area contributed by atoms with Crippen LogP contribution in [0.2, 0.25) is 0 Å². The fourth-order valence-corrected chi connectivity index (χ4v) is 1.53. The molecular weight excluding hydrogens is 265 g/mol. The molecule has 0 bridgehead atoms. The van der Waals surface area contributed by atoms with E-state index in [4.69, 9.17) is 15.7 Å². The smallest absolute Gasteiger partial charge is 0.314 e. The van der Waals surface area contributed by atoms with E-state index in [1.54, 1.807) is 13.0 Å². The van der Waals surface area contributed by atoms with Crippen molar-refractivity contribution in [1.82, 2.24) is 0 Å². The highest BCUT2D eigenvalue weighted by Gasteiger charge is 2.22. The zero-order chi connectivity index (χ0) is 15.2. The number of Topliss-reactive ketones (excluding diaryl/α,β-unsaturated/α-hetero) is 1. The summed E-state index contributed by atoms with van der Waals surface area (Å²) in [7, 11) is -3.13. The molecule has 0 spiro atoms. The van der Waals surface area contributed by atoms with E-state index in [0.29, 0.717) is 17.6 Å². The molecule has 4 nitrogen and oxygen atoms in total. The minimum atomic E-state index is -3.48. The third kappa shape index (κ3) is 7.48. The van der Waals surface area contributed by atoms with Gasteiger partial charge in [-0.2, -0.15) is 0 Å². The van der Waals surface area contributed by atoms with Crippen LogP contribution in [0.1, 0.15) is 27.6 Å². The average molecular weight is 283 g/mol. The normalized spacial score (nSPS) is 20.8. The van der Waals surface area contributed by atoms with Gasteiger partial charge in [-0.05, 0) is 24.8 Å². The van der Waals surface area contributed by atoms with E-state index in [1.807, 2.05) is 0 Å². The number of hydrogen-bond acceptors (Lipinski definition) is 2. The molecule has 1 atom stereocenters. The molecule has 0 radical (unpaired) electrons. The number of allylic oxidation sites excluding steroid dienone is 3. The summed E-state index contributed by atoms with van der Waals surface area (Å²) in [5.74, 6) is -0.238. The van der Waals surface area contributed by atoms with Gasteiger partial charge in [-0.25, -0.2) is 8.78 Å². The molecule has 1 aliphatic rings. The molecule has 0 aromatic carbocycles. The van der Waals surface area contributed by atoms with Gasteiger partial charge in [0, 0.05) is 12.8 Å². The summed E-state index contributed by atoms with van der Waals surface area (Å²) in [6, 6.07) is 0. The summed E-state index contributed by atoms with van der Waals surface area (Å²) in [5, 5.41) is 0. The van der Waals surface area contributed by atoms with Crippen LogP contribution in [0.25, 0.3) is 0 Å². The highest BCUT2D eigenvalue weighted by atomic mass is 31.1. The Labute approximate surface area is 106 Å². The number of ketones is 1. The van der Waals surface area contributed by atoms with Crippen molar-refractivity contribution in [3.8, 4) is 0 Å². The summed E-state index contributed by atoms with van der Waals surface area (Å²) >= 11 is 0. The van der Waals surface area contributed by atoms with Crippen LogP contribution in [-0.2, 0) is 9.36 Å². The fourth-order valence-electron chi connectivity index (χ4n) is 1.53. The van der Waals surface area contributed by atoms with Gasteiger partial charge in [-0.15, -0.1) is 0 Å². The Kier molecular flexibility index (Phi) is 7.01. The number of halogens is 2. The van der Waals surface area contributed by atoms with Crippen molar-refractivity contribution in [1.29, 1.82) is 0 Å². The van der Waals surface area contributed by atoms with E-state index in [9.17, 15) is 13.6 Å². The predicted octanol–water partition coefficient (Wildman–Crippen LogP) is 2.48. The summed E-state index contributed by atoms with van der Waals surface area (Å²) in [6.45, 7) is 5.26. The number of carbonyl (C=O) groups is 1. The highest BCUT2D eigenvalue weighted by Crippen LogP contribution is 2.29.